The van der Waals surface area contributed by atoms with Gasteiger partial charge in [0, 0.05) is 86.2 Å². The predicted octanol–water partition coefficient (Wildman–Crippen LogP) is 7.30. The van der Waals surface area contributed by atoms with Crippen molar-refractivity contribution in [2.75, 3.05) is 32.8 Å². The highest BCUT2D eigenvalue weighted by Crippen LogP contribution is 2.31. The summed E-state index contributed by atoms with van der Waals surface area (Å²) in [7, 11) is 0. The molecule has 436 valence electrons. The lowest BCUT2D eigenvalue weighted by atomic mass is 9.80. The number of carboxylic acids is 1. The molecule has 0 spiro atoms. The van der Waals surface area contributed by atoms with Gasteiger partial charge in [0.15, 0.2) is 0 Å². The van der Waals surface area contributed by atoms with Crippen molar-refractivity contribution in [2.45, 2.75) is 143 Å². The lowest BCUT2D eigenvalue weighted by Crippen LogP contribution is -2.56. The number of hydrogen-bond donors (Lipinski definition) is 8. The van der Waals surface area contributed by atoms with E-state index in [1.54, 1.807) is 54.3 Å². The van der Waals surface area contributed by atoms with Crippen LogP contribution < -0.4 is 21.7 Å². The highest BCUT2D eigenvalue weighted by atomic mass is 16.7. The van der Waals surface area contributed by atoms with Crippen molar-refractivity contribution < 1.29 is 62.8 Å². The van der Waals surface area contributed by atoms with Crippen LogP contribution >= 0.6 is 0 Å². The number of amidine groups is 2. The zero-order valence-corrected chi connectivity index (χ0v) is 47.5. The summed E-state index contributed by atoms with van der Waals surface area (Å²) >= 11 is 0. The van der Waals surface area contributed by atoms with Crippen molar-refractivity contribution in [3.8, 4) is 5.75 Å². The molecule has 5 rings (SSSR count). The number of ether oxygens (including phenoxy) is 3. The average Bonchev–Trinajstić information content (AvgIpc) is 3.39. The topological polar surface area (TPSA) is 321 Å². The molecule has 2 aliphatic heterocycles. The van der Waals surface area contributed by atoms with Gasteiger partial charge in [-0.3, -0.25) is 49.7 Å². The van der Waals surface area contributed by atoms with E-state index in [1.807, 2.05) is 38.7 Å². The van der Waals surface area contributed by atoms with Gasteiger partial charge >= 0.3 is 24.0 Å². The van der Waals surface area contributed by atoms with Gasteiger partial charge in [0.05, 0.1) is 18.4 Å². The van der Waals surface area contributed by atoms with E-state index >= 15 is 0 Å². The van der Waals surface area contributed by atoms with Crippen LogP contribution in [0.25, 0.3) is 0 Å². The Morgan fingerprint density at radius 3 is 1.62 bits per heavy atom. The van der Waals surface area contributed by atoms with E-state index in [0.717, 1.165) is 31.2 Å². The number of nitrogen functional groups attached to an aromatic ring is 1. The fraction of sp³-hybridized carbons (Fsp3) is 0.525. The summed E-state index contributed by atoms with van der Waals surface area (Å²) in [6.07, 6.45) is 4.47. The molecular weight excluding hydrogens is 1030 g/mol. The molecule has 0 radical (unpaired) electrons. The van der Waals surface area contributed by atoms with Crippen molar-refractivity contribution in [1.82, 2.24) is 25.8 Å². The molecule has 0 bridgehead atoms. The lowest BCUT2D eigenvalue weighted by Gasteiger charge is -2.40. The molecule has 5 amide bonds. The van der Waals surface area contributed by atoms with Gasteiger partial charge in [0.1, 0.15) is 17.4 Å². The van der Waals surface area contributed by atoms with E-state index < -0.39 is 47.2 Å². The van der Waals surface area contributed by atoms with E-state index in [0.29, 0.717) is 93.6 Å². The molecule has 3 aromatic rings. The minimum atomic E-state index is -1.11. The number of phenolic OH excluding ortho intramolecular Hbond substituents is 1. The standard InChI is InChI=1S/C31H46N4O8.C28H36N4O5/c1-7-9-10-25(29(39)35-17-15-22(16-18-35)19-26(37)41-8-2)31(5,6)34-28(38)24-13-11-23(12-14-24)27(32)33-30(40)43-21(4)42-20(3)36;1-28(2,31-26(36)21-9-7-20(8-10-21)25(29)30)23(11-6-18-4-3-5-22(33)16-18)27(37)32-14-12-19(13-15-32)17-24(34)35/h11-14,21-22,25H,7-10,15-19H2,1-6H3,(H,34,38)(H2,32,33,40);3-5,7-10,16,19,23,33H,6,11-15,17H2,1-2H3,(H3,29,30)(H,31,36)(H,34,35). The number of aryl methyl sites for hydroxylation is 1. The quantitative estimate of drug-likeness (QED) is 0.0200. The lowest BCUT2D eigenvalue weighted by molar-refractivity contribution is -0.162. The van der Waals surface area contributed by atoms with Gasteiger partial charge < -0.3 is 50.6 Å². The first kappa shape index (κ1) is 64.7. The number of alkyl carbamates (subject to hydrolysis) is 1. The number of rotatable bonds is 23. The van der Waals surface area contributed by atoms with Gasteiger partial charge in [-0.1, -0.05) is 56.2 Å². The SMILES string of the molecule is CC(C)(NC(=O)c1ccc(C(=N)N)cc1)C(CCc1cccc(O)c1)C(=O)N1CCC(CC(=O)O)CC1.CCCCC(C(=O)N1CCC(CC(=O)OCC)CC1)C(C)(C)NC(=O)c1ccc(C(=N)NC(=O)OC(C)OC(C)=O)cc1. The molecular formula is C59H82N8O13. The normalized spacial score (nSPS) is 15.1. The van der Waals surface area contributed by atoms with Gasteiger partial charge in [-0.15, -0.1) is 0 Å². The first-order valence-corrected chi connectivity index (χ1v) is 27.4. The molecule has 2 fully saturated rings. The summed E-state index contributed by atoms with van der Waals surface area (Å²) in [6.45, 7) is 16.2. The van der Waals surface area contributed by atoms with Crippen molar-refractivity contribution in [3.05, 3.63) is 101 Å². The Labute approximate surface area is 469 Å². The number of amides is 5. The Morgan fingerprint density at radius 1 is 0.700 bits per heavy atom. The molecule has 21 heteroatoms. The smallest absolute Gasteiger partial charge is 0.415 e. The molecule has 2 saturated heterocycles. The van der Waals surface area contributed by atoms with Crippen molar-refractivity contribution in [1.29, 1.82) is 10.8 Å². The number of esters is 2. The van der Waals surface area contributed by atoms with E-state index in [4.69, 9.17) is 35.9 Å². The van der Waals surface area contributed by atoms with Crippen LogP contribution in [0.4, 0.5) is 4.79 Å². The van der Waals surface area contributed by atoms with Gasteiger partial charge in [-0.05, 0) is 133 Å². The molecule has 3 aromatic carbocycles. The minimum Gasteiger partial charge on any atom is -0.508 e. The first-order chi connectivity index (χ1) is 37.7. The number of aromatic hydroxyl groups is 1. The van der Waals surface area contributed by atoms with Crippen LogP contribution in [0, 0.1) is 34.5 Å². The summed E-state index contributed by atoms with van der Waals surface area (Å²) in [6, 6.07) is 19.4. The second-order valence-electron chi connectivity index (χ2n) is 21.6. The van der Waals surface area contributed by atoms with Crippen LogP contribution in [0.5, 0.6) is 5.75 Å². The highest BCUT2D eigenvalue weighted by molar-refractivity contribution is 6.05. The van der Waals surface area contributed by atoms with Crippen LogP contribution in [0.2, 0.25) is 0 Å². The number of nitrogens with two attached hydrogens (primary N) is 1. The second-order valence-corrected chi connectivity index (χ2v) is 21.6. The molecule has 2 heterocycles. The molecule has 80 heavy (non-hydrogen) atoms. The molecule has 9 N–H and O–H groups in total. The number of carbonyl (C=O) groups excluding carboxylic acids is 7. The number of unbranched alkanes of at least 4 members (excludes halogenated alkanes) is 1. The third-order valence-electron chi connectivity index (χ3n) is 14.5. The molecule has 0 aromatic heterocycles. The summed E-state index contributed by atoms with van der Waals surface area (Å²) < 4.78 is 14.7. The maximum absolute atomic E-state index is 13.8. The van der Waals surface area contributed by atoms with Crippen LogP contribution in [-0.4, -0.2) is 129 Å². The molecule has 21 nitrogen and oxygen atoms in total. The molecule has 3 unspecified atom stereocenters. The Kier molecular flexibility index (Phi) is 24.7. The number of carboxylic acid groups (broad SMARTS) is 1. The fourth-order valence-corrected chi connectivity index (χ4v) is 9.98. The van der Waals surface area contributed by atoms with Gasteiger partial charge in [-0.25, -0.2) is 4.79 Å². The Bertz CT molecular complexity index is 2640. The van der Waals surface area contributed by atoms with E-state index in [9.17, 15) is 43.5 Å². The maximum Gasteiger partial charge on any atom is 0.415 e. The number of aliphatic carboxylic acids is 1. The monoisotopic (exact) mass is 1110 g/mol. The molecule has 0 aliphatic carbocycles. The van der Waals surface area contributed by atoms with Crippen molar-refractivity contribution in [2.24, 2.45) is 29.4 Å². The number of carbonyl (C=O) groups is 8. The van der Waals surface area contributed by atoms with Gasteiger partial charge in [-0.2, -0.15) is 0 Å². The number of benzene rings is 3. The van der Waals surface area contributed by atoms with Gasteiger partial charge in [0.25, 0.3) is 11.8 Å². The number of phenols is 1. The number of hydrogen-bond acceptors (Lipinski definition) is 14. The number of likely N-dealkylation sites (tertiary alicyclic amines) is 2. The zero-order valence-electron chi connectivity index (χ0n) is 47.5. The Balaban J connectivity index is 0.000000348. The predicted molar refractivity (Wildman–Crippen MR) is 300 cm³/mol. The molecule has 0 saturated carbocycles. The van der Waals surface area contributed by atoms with Crippen LogP contribution in [0.15, 0.2) is 72.8 Å². The number of nitrogens with zero attached hydrogens (tertiary/aromatic N) is 2. The van der Waals surface area contributed by atoms with Crippen molar-refractivity contribution >= 4 is 59.3 Å². The Hall–Kier alpha value is -7.84. The third kappa shape index (κ3) is 20.4. The van der Waals surface area contributed by atoms with Crippen molar-refractivity contribution in [3.63, 3.8) is 0 Å². The summed E-state index contributed by atoms with van der Waals surface area (Å²) in [4.78, 5) is 103. The fourth-order valence-electron chi connectivity index (χ4n) is 9.98. The van der Waals surface area contributed by atoms with E-state index in [1.165, 1.54) is 38.1 Å². The largest absolute Gasteiger partial charge is 0.508 e. The van der Waals surface area contributed by atoms with Crippen LogP contribution in [0.3, 0.4) is 0 Å². The summed E-state index contributed by atoms with van der Waals surface area (Å²) in [5.74, 6) is -3.35. The van der Waals surface area contributed by atoms with E-state index in [-0.39, 0.29) is 65.3 Å². The zero-order chi connectivity index (χ0) is 59.3. The van der Waals surface area contributed by atoms with Crippen LogP contribution in [0.1, 0.15) is 157 Å². The molecule has 2 aliphatic rings. The van der Waals surface area contributed by atoms with Crippen LogP contribution in [-0.2, 0) is 44.6 Å². The number of piperidine rings is 2. The first-order valence-electron chi connectivity index (χ1n) is 27.4. The number of nitrogens with one attached hydrogen (secondary N) is 5. The highest BCUT2D eigenvalue weighted by Gasteiger charge is 2.41. The average molecular weight is 1110 g/mol. The third-order valence-corrected chi connectivity index (χ3v) is 14.5. The Morgan fingerprint density at radius 2 is 1.18 bits per heavy atom. The minimum absolute atomic E-state index is 0.00175. The van der Waals surface area contributed by atoms with Gasteiger partial charge in [0.2, 0.25) is 18.1 Å². The molecule has 3 atom stereocenters. The maximum atomic E-state index is 13.8. The summed E-state index contributed by atoms with van der Waals surface area (Å²) in [5.41, 5.74) is 6.22. The summed E-state index contributed by atoms with van der Waals surface area (Å²) in [5, 5.41) is 42.9. The van der Waals surface area contributed by atoms with E-state index in [2.05, 4.69) is 22.9 Å². The second kappa shape index (κ2) is 30.5.